The van der Waals surface area contributed by atoms with Crippen LogP contribution in [0, 0.1) is 23.2 Å². The number of methoxy groups -OCH3 is 4. The predicted octanol–water partition coefficient (Wildman–Crippen LogP) is 1.96. The standard InChI is InChI=1S/C16H22Br2O7/c1-22-13(20)8-9-11(17)12(18)15(6-5-7-19,10(8)14(21)23-2)16(9,24-3)25-4/h8-10,19H,5-7H2,1-4H3/t8-,9-,10+,15+/m0/s1. The van der Waals surface area contributed by atoms with Crippen LogP contribution in [0.4, 0.5) is 0 Å². The molecule has 0 heterocycles. The molecule has 0 unspecified atom stereocenters. The normalized spacial score (nSPS) is 32.8. The first-order chi connectivity index (χ1) is 11.8. The number of halogens is 2. The molecule has 2 aliphatic rings. The second kappa shape index (κ2) is 7.64. The van der Waals surface area contributed by atoms with Crippen molar-refractivity contribution in [3.63, 3.8) is 0 Å². The molecule has 0 saturated heterocycles. The molecule has 1 saturated carbocycles. The maximum absolute atomic E-state index is 12.7. The Balaban J connectivity index is 2.78. The number of ether oxygens (including phenoxy) is 4. The molecule has 2 aliphatic carbocycles. The molecule has 1 fully saturated rings. The van der Waals surface area contributed by atoms with Crippen LogP contribution in [-0.2, 0) is 28.5 Å². The number of carbonyl (C=O) groups excluding carboxylic acids is 2. The summed E-state index contributed by atoms with van der Waals surface area (Å²) in [6.45, 7) is -0.0788. The van der Waals surface area contributed by atoms with Crippen LogP contribution >= 0.6 is 31.9 Å². The quantitative estimate of drug-likeness (QED) is 0.435. The number of hydrogen-bond acceptors (Lipinski definition) is 7. The summed E-state index contributed by atoms with van der Waals surface area (Å²) in [7, 11) is 5.50. The summed E-state index contributed by atoms with van der Waals surface area (Å²) in [6.07, 6.45) is 0.739. The third-order valence-corrected chi connectivity index (χ3v) is 7.98. The lowest BCUT2D eigenvalue weighted by molar-refractivity contribution is -0.267. The third-order valence-electron chi connectivity index (χ3n) is 5.42. The Morgan fingerprint density at radius 2 is 1.64 bits per heavy atom. The summed E-state index contributed by atoms with van der Waals surface area (Å²) in [5.41, 5.74) is -1.03. The maximum Gasteiger partial charge on any atom is 0.310 e. The van der Waals surface area contributed by atoms with Gasteiger partial charge in [-0.05, 0) is 12.8 Å². The van der Waals surface area contributed by atoms with E-state index in [-0.39, 0.29) is 6.61 Å². The van der Waals surface area contributed by atoms with Gasteiger partial charge in [-0.1, -0.05) is 31.9 Å². The van der Waals surface area contributed by atoms with Crippen molar-refractivity contribution in [1.29, 1.82) is 0 Å². The van der Waals surface area contributed by atoms with Crippen LogP contribution in [0.5, 0.6) is 0 Å². The average Bonchev–Trinajstić information content (AvgIpc) is 2.99. The molecule has 4 atom stereocenters. The Morgan fingerprint density at radius 1 is 1.08 bits per heavy atom. The highest BCUT2D eigenvalue weighted by atomic mass is 79.9. The Morgan fingerprint density at radius 3 is 2.08 bits per heavy atom. The molecule has 0 amide bonds. The van der Waals surface area contributed by atoms with E-state index >= 15 is 0 Å². The zero-order valence-electron chi connectivity index (χ0n) is 14.5. The molecule has 0 aliphatic heterocycles. The molecule has 142 valence electrons. The largest absolute Gasteiger partial charge is 0.469 e. The Labute approximate surface area is 163 Å². The van der Waals surface area contributed by atoms with Gasteiger partial charge in [0.1, 0.15) is 0 Å². The third kappa shape index (κ3) is 2.54. The Hall–Kier alpha value is -0.480. The number of rotatable bonds is 7. The average molecular weight is 486 g/mol. The minimum Gasteiger partial charge on any atom is -0.469 e. The number of aliphatic hydroxyl groups is 1. The zero-order valence-corrected chi connectivity index (χ0v) is 17.7. The van der Waals surface area contributed by atoms with Gasteiger partial charge in [-0.25, -0.2) is 0 Å². The van der Waals surface area contributed by atoms with Crippen molar-refractivity contribution in [3.8, 4) is 0 Å². The smallest absolute Gasteiger partial charge is 0.310 e. The van der Waals surface area contributed by atoms with Crippen molar-refractivity contribution >= 4 is 43.8 Å². The fraction of sp³-hybridized carbons (Fsp3) is 0.750. The van der Waals surface area contributed by atoms with Crippen LogP contribution in [0.25, 0.3) is 0 Å². The van der Waals surface area contributed by atoms with E-state index < -0.39 is 40.9 Å². The van der Waals surface area contributed by atoms with Gasteiger partial charge in [0.2, 0.25) is 0 Å². The van der Waals surface area contributed by atoms with E-state index in [0.29, 0.717) is 21.8 Å². The molecule has 0 aromatic rings. The number of fused-ring (bicyclic) bond motifs is 2. The van der Waals surface area contributed by atoms with Gasteiger partial charge in [-0.2, -0.15) is 0 Å². The molecule has 25 heavy (non-hydrogen) atoms. The topological polar surface area (TPSA) is 91.3 Å². The molecule has 7 nitrogen and oxygen atoms in total. The Kier molecular flexibility index (Phi) is 6.36. The number of esters is 2. The molecule has 2 rings (SSSR count). The lowest BCUT2D eigenvalue weighted by Gasteiger charge is -2.44. The van der Waals surface area contributed by atoms with Gasteiger partial charge < -0.3 is 24.1 Å². The van der Waals surface area contributed by atoms with Crippen molar-refractivity contribution in [2.24, 2.45) is 23.2 Å². The SMILES string of the molecule is COC(=O)[C@H]1[C@H]2C(Br)=C(Br)[C@@](CCCO)([C@H]1C(=O)OC)C2(OC)OC. The predicted molar refractivity (Wildman–Crippen MR) is 94.9 cm³/mol. The molecule has 9 heteroatoms. The van der Waals surface area contributed by atoms with E-state index in [9.17, 15) is 14.7 Å². The molecule has 2 bridgehead atoms. The summed E-state index contributed by atoms with van der Waals surface area (Å²) in [5.74, 6) is -4.68. The van der Waals surface area contributed by atoms with Crippen LogP contribution in [0.1, 0.15) is 12.8 Å². The number of aliphatic hydroxyl groups excluding tert-OH is 1. The van der Waals surface area contributed by atoms with Gasteiger partial charge >= 0.3 is 11.9 Å². The lowest BCUT2D eigenvalue weighted by atomic mass is 9.69. The number of carbonyl (C=O) groups is 2. The summed E-state index contributed by atoms with van der Waals surface area (Å²) in [6, 6.07) is 0. The van der Waals surface area contributed by atoms with Crippen LogP contribution in [-0.4, -0.2) is 57.9 Å². The first-order valence-corrected chi connectivity index (χ1v) is 9.35. The van der Waals surface area contributed by atoms with E-state index in [0.717, 1.165) is 0 Å². The summed E-state index contributed by atoms with van der Waals surface area (Å²) in [5, 5.41) is 9.39. The monoisotopic (exact) mass is 484 g/mol. The molecule has 0 radical (unpaired) electrons. The molecule has 1 N–H and O–H groups in total. The Bertz CT molecular complexity index is 587. The molecular formula is C16H22Br2O7. The van der Waals surface area contributed by atoms with E-state index in [1.165, 1.54) is 28.4 Å². The van der Waals surface area contributed by atoms with Gasteiger partial charge in [0.15, 0.2) is 5.79 Å². The summed E-state index contributed by atoms with van der Waals surface area (Å²) < 4.78 is 22.9. The van der Waals surface area contributed by atoms with Crippen LogP contribution < -0.4 is 0 Å². The minimum absolute atomic E-state index is 0.0788. The van der Waals surface area contributed by atoms with E-state index in [2.05, 4.69) is 31.9 Å². The fourth-order valence-electron chi connectivity index (χ4n) is 4.58. The molecule has 0 aromatic carbocycles. The van der Waals surface area contributed by atoms with Crippen LogP contribution in [0.3, 0.4) is 0 Å². The zero-order chi connectivity index (χ0) is 19.0. The van der Waals surface area contributed by atoms with Crippen molar-refractivity contribution in [3.05, 3.63) is 8.96 Å². The highest BCUT2D eigenvalue weighted by Gasteiger charge is 2.80. The highest BCUT2D eigenvalue weighted by Crippen LogP contribution is 2.74. The first-order valence-electron chi connectivity index (χ1n) is 7.77. The van der Waals surface area contributed by atoms with Crippen molar-refractivity contribution in [2.45, 2.75) is 18.6 Å². The molecular weight excluding hydrogens is 464 g/mol. The van der Waals surface area contributed by atoms with E-state index in [1.54, 1.807) is 0 Å². The fourth-order valence-corrected chi connectivity index (χ4v) is 6.48. The maximum atomic E-state index is 12.7. The molecule has 0 spiro atoms. The van der Waals surface area contributed by atoms with Gasteiger partial charge in [0.05, 0.1) is 37.4 Å². The second-order valence-corrected chi connectivity index (χ2v) is 7.71. The highest BCUT2D eigenvalue weighted by molar-refractivity contribution is 9.14. The first kappa shape index (κ1) is 20.8. The van der Waals surface area contributed by atoms with Gasteiger partial charge in [0, 0.05) is 29.8 Å². The van der Waals surface area contributed by atoms with E-state index in [1.807, 2.05) is 0 Å². The summed E-state index contributed by atoms with van der Waals surface area (Å²) in [4.78, 5) is 25.3. The number of hydrogen-bond donors (Lipinski definition) is 1. The van der Waals surface area contributed by atoms with Crippen molar-refractivity contribution < 1.29 is 33.6 Å². The van der Waals surface area contributed by atoms with Crippen LogP contribution in [0.2, 0.25) is 0 Å². The summed E-state index contributed by atoms with van der Waals surface area (Å²) >= 11 is 7.11. The van der Waals surface area contributed by atoms with Gasteiger partial charge in [-0.15, -0.1) is 0 Å². The molecule has 0 aromatic heterocycles. The minimum atomic E-state index is -1.28. The van der Waals surface area contributed by atoms with Gasteiger partial charge in [-0.3, -0.25) is 9.59 Å². The second-order valence-electron chi connectivity index (χ2n) is 6.06. The van der Waals surface area contributed by atoms with Crippen molar-refractivity contribution in [1.82, 2.24) is 0 Å². The van der Waals surface area contributed by atoms with Crippen molar-refractivity contribution in [2.75, 3.05) is 35.0 Å². The lowest BCUT2D eigenvalue weighted by Crippen LogP contribution is -2.52. The van der Waals surface area contributed by atoms with Crippen LogP contribution in [0.15, 0.2) is 8.96 Å². The van der Waals surface area contributed by atoms with E-state index in [4.69, 9.17) is 18.9 Å². The van der Waals surface area contributed by atoms with Gasteiger partial charge in [0.25, 0.3) is 0 Å².